The highest BCUT2D eigenvalue weighted by Gasteiger charge is 2.25. The van der Waals surface area contributed by atoms with Crippen LogP contribution in [0.3, 0.4) is 0 Å². The minimum Gasteiger partial charge on any atom is -0.396 e. The summed E-state index contributed by atoms with van der Waals surface area (Å²) >= 11 is 3.37. The van der Waals surface area contributed by atoms with E-state index in [1.54, 1.807) is 18.2 Å². The summed E-state index contributed by atoms with van der Waals surface area (Å²) in [6.45, 7) is -0.176. The maximum absolute atomic E-state index is 12.1. The second kappa shape index (κ2) is 7.63. The minimum absolute atomic E-state index is 0.176. The molecule has 0 fully saturated rings. The van der Waals surface area contributed by atoms with Gasteiger partial charge in [-0.05, 0) is 47.9 Å². The molecule has 2 aromatic rings. The number of carbonyl (C=O) groups is 2. The van der Waals surface area contributed by atoms with Crippen molar-refractivity contribution < 1.29 is 14.7 Å². The second-order valence-electron chi connectivity index (χ2n) is 5.82. The Morgan fingerprint density at radius 3 is 2.76 bits per heavy atom. The van der Waals surface area contributed by atoms with E-state index in [0.29, 0.717) is 17.8 Å². The van der Waals surface area contributed by atoms with Gasteiger partial charge in [-0.15, -0.1) is 0 Å². The van der Waals surface area contributed by atoms with E-state index in [2.05, 4.69) is 26.6 Å². The van der Waals surface area contributed by atoms with E-state index >= 15 is 0 Å². The van der Waals surface area contributed by atoms with Gasteiger partial charge in [0.05, 0.1) is 12.5 Å². The Kier molecular flexibility index (Phi) is 5.31. The van der Waals surface area contributed by atoms with Crippen molar-refractivity contribution in [3.63, 3.8) is 0 Å². The molecule has 1 heterocycles. The van der Waals surface area contributed by atoms with Gasteiger partial charge >= 0.3 is 0 Å². The van der Waals surface area contributed by atoms with E-state index in [1.807, 2.05) is 30.3 Å². The number of benzene rings is 2. The molecule has 5 nitrogen and oxygen atoms in total. The van der Waals surface area contributed by atoms with Gasteiger partial charge in [0, 0.05) is 21.9 Å². The molecule has 0 aromatic heterocycles. The zero-order chi connectivity index (χ0) is 17.8. The van der Waals surface area contributed by atoms with Crippen molar-refractivity contribution in [1.82, 2.24) is 0 Å². The first-order chi connectivity index (χ1) is 12.0. The fourth-order valence-corrected chi connectivity index (χ4v) is 2.88. The first-order valence-electron chi connectivity index (χ1n) is 7.84. The summed E-state index contributed by atoms with van der Waals surface area (Å²) in [5.41, 5.74) is 3.14. The van der Waals surface area contributed by atoms with Crippen LogP contribution in [0.1, 0.15) is 11.1 Å². The van der Waals surface area contributed by atoms with Crippen LogP contribution >= 0.6 is 15.9 Å². The van der Waals surface area contributed by atoms with E-state index in [0.717, 1.165) is 15.6 Å². The van der Waals surface area contributed by atoms with Crippen LogP contribution < -0.4 is 10.6 Å². The van der Waals surface area contributed by atoms with E-state index in [1.165, 1.54) is 6.08 Å². The van der Waals surface area contributed by atoms with Crippen LogP contribution in [0.5, 0.6) is 0 Å². The molecule has 3 N–H and O–H groups in total. The molecular weight excluding hydrogens is 384 g/mol. The number of amides is 2. The summed E-state index contributed by atoms with van der Waals surface area (Å²) in [4.78, 5) is 23.9. The summed E-state index contributed by atoms with van der Waals surface area (Å²) in [5.74, 6) is -0.867. The Bertz CT molecular complexity index is 831. The van der Waals surface area contributed by atoms with Gasteiger partial charge in [0.25, 0.3) is 0 Å². The molecule has 0 saturated heterocycles. The van der Waals surface area contributed by atoms with Gasteiger partial charge in [0.2, 0.25) is 11.8 Å². The molecule has 1 aliphatic heterocycles. The molecule has 1 unspecified atom stereocenters. The molecule has 1 aliphatic rings. The molecular formula is C19H17BrN2O3. The van der Waals surface area contributed by atoms with Crippen molar-refractivity contribution in [2.75, 3.05) is 17.2 Å². The van der Waals surface area contributed by atoms with Crippen LogP contribution in [0.4, 0.5) is 11.4 Å². The lowest BCUT2D eigenvalue weighted by atomic mass is 9.93. The number of aliphatic hydroxyl groups excluding tert-OH is 1. The average Bonchev–Trinajstić information content (AvgIpc) is 2.60. The third-order valence-electron chi connectivity index (χ3n) is 3.99. The van der Waals surface area contributed by atoms with Crippen molar-refractivity contribution >= 4 is 45.2 Å². The minimum atomic E-state index is -0.415. The largest absolute Gasteiger partial charge is 0.396 e. The molecule has 0 bridgehead atoms. The van der Waals surface area contributed by atoms with Crippen molar-refractivity contribution in [2.45, 2.75) is 6.42 Å². The van der Waals surface area contributed by atoms with Crippen LogP contribution in [-0.2, 0) is 16.0 Å². The Balaban J connectivity index is 1.67. The van der Waals surface area contributed by atoms with Gasteiger partial charge in [0.15, 0.2) is 0 Å². The lowest BCUT2D eigenvalue weighted by Crippen LogP contribution is -2.32. The Hall–Kier alpha value is -2.44. The monoisotopic (exact) mass is 400 g/mol. The predicted molar refractivity (Wildman–Crippen MR) is 101 cm³/mol. The van der Waals surface area contributed by atoms with Crippen LogP contribution in [0.15, 0.2) is 53.0 Å². The van der Waals surface area contributed by atoms with Crippen molar-refractivity contribution in [3.05, 3.63) is 64.1 Å². The van der Waals surface area contributed by atoms with Gasteiger partial charge in [-0.1, -0.05) is 34.1 Å². The summed E-state index contributed by atoms with van der Waals surface area (Å²) in [6, 6.07) is 13.0. The molecule has 0 radical (unpaired) electrons. The van der Waals surface area contributed by atoms with Crippen molar-refractivity contribution in [3.8, 4) is 0 Å². The summed E-state index contributed by atoms with van der Waals surface area (Å²) in [7, 11) is 0. The number of halogens is 1. The van der Waals surface area contributed by atoms with E-state index < -0.39 is 5.92 Å². The van der Waals surface area contributed by atoms with Crippen molar-refractivity contribution in [2.24, 2.45) is 5.92 Å². The Labute approximate surface area is 153 Å². The number of hydrogen-bond acceptors (Lipinski definition) is 3. The maximum atomic E-state index is 12.1. The molecule has 0 saturated carbocycles. The number of fused-ring (bicyclic) bond motifs is 1. The quantitative estimate of drug-likeness (QED) is 0.689. The van der Waals surface area contributed by atoms with Gasteiger partial charge in [-0.25, -0.2) is 0 Å². The highest BCUT2D eigenvalue weighted by Crippen LogP contribution is 2.28. The van der Waals surface area contributed by atoms with Gasteiger partial charge in [-0.3, -0.25) is 9.59 Å². The molecule has 0 aliphatic carbocycles. The van der Waals surface area contributed by atoms with Crippen LogP contribution in [-0.4, -0.2) is 23.5 Å². The summed E-state index contributed by atoms with van der Waals surface area (Å²) in [6.07, 6.45) is 3.69. The van der Waals surface area contributed by atoms with Crippen LogP contribution in [0.25, 0.3) is 6.08 Å². The predicted octanol–water partition coefficient (Wildman–Crippen LogP) is 3.20. The number of nitrogens with one attached hydrogen (secondary N) is 2. The second-order valence-corrected chi connectivity index (χ2v) is 6.73. The number of hydrogen-bond donors (Lipinski definition) is 3. The zero-order valence-corrected chi connectivity index (χ0v) is 14.9. The number of anilines is 2. The smallest absolute Gasteiger partial charge is 0.248 e. The molecule has 25 heavy (non-hydrogen) atoms. The summed E-state index contributed by atoms with van der Waals surface area (Å²) < 4.78 is 0.980. The van der Waals surface area contributed by atoms with E-state index in [9.17, 15) is 14.7 Å². The van der Waals surface area contributed by atoms with Crippen molar-refractivity contribution in [1.29, 1.82) is 0 Å². The Morgan fingerprint density at radius 2 is 2.04 bits per heavy atom. The molecule has 128 valence electrons. The SMILES string of the molecule is O=C(C=Cc1ccc(Br)cc1)Nc1ccc2c(c1)NC(=O)C(CO)C2. The van der Waals surface area contributed by atoms with Gasteiger partial charge in [-0.2, -0.15) is 0 Å². The summed E-state index contributed by atoms with van der Waals surface area (Å²) in [5, 5.41) is 14.7. The first-order valence-corrected chi connectivity index (χ1v) is 8.64. The third kappa shape index (κ3) is 4.35. The third-order valence-corrected chi connectivity index (χ3v) is 4.52. The maximum Gasteiger partial charge on any atom is 0.248 e. The fourth-order valence-electron chi connectivity index (χ4n) is 2.62. The number of carbonyl (C=O) groups excluding carboxylic acids is 2. The zero-order valence-electron chi connectivity index (χ0n) is 13.3. The first kappa shape index (κ1) is 17.4. The molecule has 2 amide bonds. The molecule has 1 atom stereocenters. The van der Waals surface area contributed by atoms with Gasteiger partial charge in [0.1, 0.15) is 0 Å². The molecule has 6 heteroatoms. The Morgan fingerprint density at radius 1 is 1.28 bits per heavy atom. The van der Waals surface area contributed by atoms with E-state index in [4.69, 9.17) is 0 Å². The average molecular weight is 401 g/mol. The standard InChI is InChI=1S/C19H17BrN2O3/c20-15-5-1-12(2-6-15)3-8-18(24)21-16-7-4-13-9-14(11-23)19(25)22-17(13)10-16/h1-8,10,14,23H,9,11H2,(H,21,24)(H,22,25). The van der Waals surface area contributed by atoms with E-state index in [-0.39, 0.29) is 18.4 Å². The molecule has 3 rings (SSSR count). The normalized spacial score (nSPS) is 16.4. The lowest BCUT2D eigenvalue weighted by Gasteiger charge is -2.23. The topological polar surface area (TPSA) is 78.4 Å². The highest BCUT2D eigenvalue weighted by atomic mass is 79.9. The molecule has 0 spiro atoms. The number of aliphatic hydroxyl groups is 1. The van der Waals surface area contributed by atoms with Crippen LogP contribution in [0.2, 0.25) is 0 Å². The van der Waals surface area contributed by atoms with Crippen LogP contribution in [0, 0.1) is 5.92 Å². The molecule has 2 aromatic carbocycles. The lowest BCUT2D eigenvalue weighted by molar-refractivity contribution is -0.121. The van der Waals surface area contributed by atoms with Gasteiger partial charge < -0.3 is 15.7 Å². The highest BCUT2D eigenvalue weighted by molar-refractivity contribution is 9.10. The number of rotatable bonds is 4. The fraction of sp³-hybridized carbons (Fsp3) is 0.158.